The molecule has 0 radical (unpaired) electrons. The number of aryl methyl sites for hydroxylation is 1. The van der Waals surface area contributed by atoms with E-state index < -0.39 is 5.60 Å². The molecule has 10 heteroatoms. The van der Waals surface area contributed by atoms with E-state index in [1.165, 1.54) is 0 Å². The Balaban J connectivity index is 1.44. The molecule has 0 atom stereocenters. The summed E-state index contributed by atoms with van der Waals surface area (Å²) in [6, 6.07) is 11.6. The van der Waals surface area contributed by atoms with Gasteiger partial charge in [0.05, 0.1) is 23.9 Å². The van der Waals surface area contributed by atoms with E-state index in [-0.39, 0.29) is 0 Å². The zero-order valence-corrected chi connectivity index (χ0v) is 22.7. The predicted molar refractivity (Wildman–Crippen MR) is 151 cm³/mol. The second kappa shape index (κ2) is 10.1. The van der Waals surface area contributed by atoms with Gasteiger partial charge in [0.2, 0.25) is 5.95 Å². The van der Waals surface area contributed by atoms with Gasteiger partial charge in [-0.2, -0.15) is 4.98 Å². The Morgan fingerprint density at radius 1 is 1.03 bits per heavy atom. The monoisotopic (exact) mass is 519 g/mol. The number of piperazine rings is 1. The molecule has 0 spiro atoms. The van der Waals surface area contributed by atoms with Crippen LogP contribution in [-0.2, 0) is 5.60 Å². The lowest BCUT2D eigenvalue weighted by Gasteiger charge is -2.34. The molecular formula is C27H33N7O2S. The van der Waals surface area contributed by atoms with E-state index in [2.05, 4.69) is 43.9 Å². The van der Waals surface area contributed by atoms with Gasteiger partial charge in [-0.25, -0.2) is 9.97 Å². The number of thiophene rings is 1. The fourth-order valence-corrected chi connectivity index (χ4v) is 5.31. The summed E-state index contributed by atoms with van der Waals surface area (Å²) in [5, 5.41) is 20.1. The van der Waals surface area contributed by atoms with Gasteiger partial charge in [-0.3, -0.25) is 0 Å². The van der Waals surface area contributed by atoms with E-state index in [1.807, 2.05) is 37.3 Å². The number of benzene rings is 1. The highest BCUT2D eigenvalue weighted by atomic mass is 32.1. The van der Waals surface area contributed by atoms with Gasteiger partial charge in [-0.05, 0) is 63.0 Å². The highest BCUT2D eigenvalue weighted by Crippen LogP contribution is 2.35. The predicted octanol–water partition coefficient (Wildman–Crippen LogP) is 4.87. The number of aromatic nitrogens is 3. The van der Waals surface area contributed by atoms with Crippen LogP contribution in [-0.4, -0.2) is 65.3 Å². The van der Waals surface area contributed by atoms with Crippen LogP contribution in [0.4, 0.5) is 29.0 Å². The minimum absolute atomic E-state index is 0.477. The van der Waals surface area contributed by atoms with Crippen molar-refractivity contribution in [2.75, 3.05) is 55.9 Å². The largest absolute Gasteiger partial charge is 0.495 e. The van der Waals surface area contributed by atoms with Crippen LogP contribution >= 0.6 is 11.3 Å². The summed E-state index contributed by atoms with van der Waals surface area (Å²) in [5.41, 5.74) is 2.56. The molecule has 0 aliphatic carbocycles. The number of nitrogens with one attached hydrogen (secondary N) is 2. The molecule has 1 saturated heterocycles. The van der Waals surface area contributed by atoms with Crippen molar-refractivity contribution < 1.29 is 9.84 Å². The van der Waals surface area contributed by atoms with E-state index in [0.29, 0.717) is 23.3 Å². The summed E-state index contributed by atoms with van der Waals surface area (Å²) in [5.74, 6) is 2.56. The summed E-state index contributed by atoms with van der Waals surface area (Å²) >= 11 is 1.57. The molecule has 1 aromatic carbocycles. The lowest BCUT2D eigenvalue weighted by molar-refractivity contribution is 0.0740. The maximum absolute atomic E-state index is 10.4. The first kappa shape index (κ1) is 25.2. The molecule has 37 heavy (non-hydrogen) atoms. The van der Waals surface area contributed by atoms with Crippen molar-refractivity contribution in [3.8, 4) is 5.75 Å². The van der Waals surface area contributed by atoms with Crippen LogP contribution in [0.3, 0.4) is 0 Å². The third-order valence-corrected chi connectivity index (χ3v) is 7.51. The standard InChI is InChI=1S/C27H33N7O2S/c1-17-16-37-25-23(17)24(30-22-8-6-7-21(29-22)27(2,3)35)31-26(32-25)28-18-9-10-19(20(15-18)36-5)34-13-11-33(4)12-14-34/h6-10,15-16,35H,11-14H2,1-5H3,(H2,28,29,30,31,32). The molecular weight excluding hydrogens is 486 g/mol. The average Bonchev–Trinajstić information content (AvgIpc) is 3.25. The van der Waals surface area contributed by atoms with Gasteiger partial charge >= 0.3 is 0 Å². The Hall–Kier alpha value is -3.47. The summed E-state index contributed by atoms with van der Waals surface area (Å²) in [6.45, 7) is 9.47. The maximum Gasteiger partial charge on any atom is 0.230 e. The number of hydrogen-bond donors (Lipinski definition) is 3. The molecule has 0 bridgehead atoms. The van der Waals surface area contributed by atoms with Gasteiger partial charge in [0.15, 0.2) is 0 Å². The zero-order chi connectivity index (χ0) is 26.2. The SMILES string of the molecule is COc1cc(Nc2nc(Nc3cccc(C(C)(C)O)n3)c3c(C)csc3n2)ccc1N1CCN(C)CC1. The van der Waals surface area contributed by atoms with Crippen molar-refractivity contribution in [1.29, 1.82) is 0 Å². The van der Waals surface area contributed by atoms with E-state index in [4.69, 9.17) is 14.7 Å². The van der Waals surface area contributed by atoms with Crippen LogP contribution in [0.1, 0.15) is 25.1 Å². The number of fused-ring (bicyclic) bond motifs is 1. The molecule has 0 unspecified atom stereocenters. The van der Waals surface area contributed by atoms with Crippen molar-refractivity contribution >= 4 is 50.5 Å². The number of rotatable bonds is 7. The smallest absolute Gasteiger partial charge is 0.230 e. The quantitative estimate of drug-likeness (QED) is 0.316. The van der Waals surface area contributed by atoms with Gasteiger partial charge in [0.1, 0.15) is 27.8 Å². The van der Waals surface area contributed by atoms with Crippen LogP contribution in [0.2, 0.25) is 0 Å². The normalized spacial score (nSPS) is 14.7. The number of nitrogens with zero attached hydrogens (tertiary/aromatic N) is 5. The summed E-state index contributed by atoms with van der Waals surface area (Å²) in [6.07, 6.45) is 0. The zero-order valence-electron chi connectivity index (χ0n) is 21.9. The van der Waals surface area contributed by atoms with Crippen molar-refractivity contribution in [2.24, 2.45) is 0 Å². The molecule has 1 fully saturated rings. The van der Waals surface area contributed by atoms with Crippen molar-refractivity contribution in [3.05, 3.63) is 53.0 Å². The van der Waals surface area contributed by atoms with Gasteiger partial charge in [-0.1, -0.05) is 6.07 Å². The molecule has 4 aromatic rings. The molecule has 194 valence electrons. The van der Waals surface area contributed by atoms with E-state index >= 15 is 0 Å². The fraction of sp³-hybridized carbons (Fsp3) is 0.370. The van der Waals surface area contributed by atoms with Gasteiger partial charge < -0.3 is 30.3 Å². The number of aliphatic hydroxyl groups is 1. The molecule has 0 saturated carbocycles. The van der Waals surface area contributed by atoms with Gasteiger partial charge in [-0.15, -0.1) is 11.3 Å². The van der Waals surface area contributed by atoms with Crippen LogP contribution in [0.5, 0.6) is 5.75 Å². The molecule has 4 heterocycles. The first-order valence-electron chi connectivity index (χ1n) is 12.3. The second-order valence-corrected chi connectivity index (χ2v) is 10.7. The Morgan fingerprint density at radius 2 is 1.81 bits per heavy atom. The minimum Gasteiger partial charge on any atom is -0.495 e. The number of methoxy groups -OCH3 is 1. The van der Waals surface area contributed by atoms with Crippen molar-refractivity contribution in [2.45, 2.75) is 26.4 Å². The van der Waals surface area contributed by atoms with Crippen molar-refractivity contribution in [1.82, 2.24) is 19.9 Å². The number of likely N-dealkylation sites (N-methyl/N-ethyl adjacent to an activating group) is 1. The average molecular weight is 520 g/mol. The number of ether oxygens (including phenoxy) is 1. The molecule has 3 aromatic heterocycles. The number of hydrogen-bond acceptors (Lipinski definition) is 10. The summed E-state index contributed by atoms with van der Waals surface area (Å²) in [4.78, 5) is 19.7. The Labute approximate surface area is 221 Å². The first-order chi connectivity index (χ1) is 17.7. The first-order valence-corrected chi connectivity index (χ1v) is 13.2. The van der Waals surface area contributed by atoms with Crippen LogP contribution in [0, 0.1) is 6.92 Å². The van der Waals surface area contributed by atoms with Crippen LogP contribution in [0.15, 0.2) is 41.8 Å². The highest BCUT2D eigenvalue weighted by molar-refractivity contribution is 7.17. The Morgan fingerprint density at radius 3 is 2.54 bits per heavy atom. The maximum atomic E-state index is 10.4. The third kappa shape index (κ3) is 5.46. The summed E-state index contributed by atoms with van der Waals surface area (Å²) < 4.78 is 5.74. The highest BCUT2D eigenvalue weighted by Gasteiger charge is 2.20. The lowest BCUT2D eigenvalue weighted by Crippen LogP contribution is -2.44. The van der Waals surface area contributed by atoms with Gasteiger partial charge in [0, 0.05) is 37.9 Å². The number of anilines is 5. The Bertz CT molecular complexity index is 1410. The topological polar surface area (TPSA) is 98.7 Å². The van der Waals surface area contributed by atoms with E-state index in [0.717, 1.165) is 59.1 Å². The molecule has 1 aliphatic heterocycles. The molecule has 5 rings (SSSR count). The second-order valence-electron chi connectivity index (χ2n) is 9.89. The minimum atomic E-state index is -1.04. The lowest BCUT2D eigenvalue weighted by atomic mass is 10.1. The van der Waals surface area contributed by atoms with Gasteiger partial charge in [0.25, 0.3) is 0 Å². The molecule has 9 nitrogen and oxygen atoms in total. The molecule has 1 aliphatic rings. The van der Waals surface area contributed by atoms with Crippen LogP contribution < -0.4 is 20.3 Å². The molecule has 3 N–H and O–H groups in total. The van der Waals surface area contributed by atoms with Crippen molar-refractivity contribution in [3.63, 3.8) is 0 Å². The number of pyridine rings is 1. The van der Waals surface area contributed by atoms with E-state index in [1.54, 1.807) is 32.3 Å². The molecule has 0 amide bonds. The fourth-order valence-electron chi connectivity index (χ4n) is 4.39. The summed E-state index contributed by atoms with van der Waals surface area (Å²) in [7, 11) is 3.85. The van der Waals surface area contributed by atoms with Crippen LogP contribution in [0.25, 0.3) is 10.2 Å². The Kier molecular flexibility index (Phi) is 6.89. The third-order valence-electron chi connectivity index (χ3n) is 6.52. The van der Waals surface area contributed by atoms with E-state index in [9.17, 15) is 5.11 Å².